The molecular formula is C27H28Cl4N6O4S. The molecule has 10 nitrogen and oxygen atoms in total. The van der Waals surface area contributed by atoms with E-state index in [0.29, 0.717) is 26.3 Å². The van der Waals surface area contributed by atoms with Crippen LogP contribution in [0, 0.1) is 4.77 Å². The van der Waals surface area contributed by atoms with Crippen molar-refractivity contribution in [1.29, 1.82) is 0 Å². The Labute approximate surface area is 267 Å². The van der Waals surface area contributed by atoms with Gasteiger partial charge in [0.2, 0.25) is 4.77 Å². The number of benzene rings is 2. The molecule has 1 aliphatic carbocycles. The number of imide groups is 2. The molecule has 2 fully saturated rings. The van der Waals surface area contributed by atoms with E-state index in [9.17, 15) is 19.5 Å². The molecule has 3 N–H and O–H groups in total. The topological polar surface area (TPSA) is 124 Å². The number of alkyl halides is 1. The van der Waals surface area contributed by atoms with Crippen LogP contribution in [0.3, 0.4) is 0 Å². The van der Waals surface area contributed by atoms with Gasteiger partial charge >= 0.3 is 12.1 Å². The first kappa shape index (κ1) is 32.2. The largest absolute Gasteiger partial charge is 0.386 e. The molecule has 1 saturated heterocycles. The third-order valence-corrected chi connectivity index (χ3v) is 8.59. The molecule has 1 atom stereocenters. The Bertz CT molecular complexity index is 1540. The molecule has 1 saturated carbocycles. The van der Waals surface area contributed by atoms with Crippen LogP contribution in [-0.4, -0.2) is 65.8 Å². The van der Waals surface area contributed by atoms with Crippen LogP contribution in [0.15, 0.2) is 48.8 Å². The van der Waals surface area contributed by atoms with Gasteiger partial charge in [0.25, 0.3) is 5.91 Å². The number of hydrogen-bond donors (Lipinski definition) is 3. The summed E-state index contributed by atoms with van der Waals surface area (Å²) in [4.78, 5) is 41.2. The highest BCUT2D eigenvalue weighted by Crippen LogP contribution is 2.53. The highest BCUT2D eigenvalue weighted by Gasteiger charge is 2.58. The number of aromatic nitrogens is 3. The molecule has 1 unspecified atom stereocenters. The minimum atomic E-state index is -1.13. The molecule has 1 aromatic heterocycles. The number of carbonyl (C=O) groups excluding carboxylic acids is 3. The molecule has 224 valence electrons. The number of carbonyl (C=O) groups is 3. The molecule has 5 rings (SSSR count). The number of anilines is 1. The Morgan fingerprint density at radius 1 is 1.17 bits per heavy atom. The van der Waals surface area contributed by atoms with E-state index in [1.807, 2.05) is 24.3 Å². The van der Waals surface area contributed by atoms with Crippen molar-refractivity contribution in [1.82, 2.24) is 25.0 Å². The summed E-state index contributed by atoms with van der Waals surface area (Å²) in [5, 5.41) is 17.9. The van der Waals surface area contributed by atoms with Crippen molar-refractivity contribution in [2.24, 2.45) is 0 Å². The zero-order valence-corrected chi connectivity index (χ0v) is 26.5. The van der Waals surface area contributed by atoms with Crippen LogP contribution < -0.4 is 10.2 Å². The summed E-state index contributed by atoms with van der Waals surface area (Å²) < 4.78 is 2.03. The number of amides is 5. The van der Waals surface area contributed by atoms with Gasteiger partial charge in [-0.2, -0.15) is 0 Å². The molecule has 2 aliphatic rings. The third-order valence-electron chi connectivity index (χ3n) is 6.73. The molecule has 0 radical (unpaired) electrons. The fourth-order valence-corrected chi connectivity index (χ4v) is 5.56. The average molecular weight is 674 g/mol. The number of hydrogen-bond acceptors (Lipinski definition) is 6. The fraction of sp³-hybridized carbons (Fsp3) is 0.370. The average Bonchev–Trinajstić information content (AvgIpc) is 3.43. The van der Waals surface area contributed by atoms with Crippen LogP contribution in [0.2, 0.25) is 15.1 Å². The van der Waals surface area contributed by atoms with Crippen LogP contribution in [-0.2, 0) is 17.8 Å². The van der Waals surface area contributed by atoms with Crippen molar-refractivity contribution in [2.75, 3.05) is 11.4 Å². The first-order valence-corrected chi connectivity index (χ1v) is 14.8. The lowest BCUT2D eigenvalue weighted by molar-refractivity contribution is -0.116. The lowest BCUT2D eigenvalue weighted by atomic mass is 9.89. The van der Waals surface area contributed by atoms with Gasteiger partial charge in [0.15, 0.2) is 0 Å². The van der Waals surface area contributed by atoms with Crippen molar-refractivity contribution in [2.45, 2.75) is 56.2 Å². The summed E-state index contributed by atoms with van der Waals surface area (Å²) in [6.07, 6.45) is 3.43. The monoisotopic (exact) mass is 672 g/mol. The Morgan fingerprint density at radius 3 is 2.36 bits per heavy atom. The van der Waals surface area contributed by atoms with Gasteiger partial charge in [-0.25, -0.2) is 24.4 Å². The number of nitrogens with one attached hydrogen (secondary N) is 2. The van der Waals surface area contributed by atoms with Crippen molar-refractivity contribution in [3.8, 4) is 0 Å². The zero-order valence-electron chi connectivity index (χ0n) is 22.6. The highest BCUT2D eigenvalue weighted by atomic mass is 35.5. The molecule has 3 aromatic rings. The number of nitrogens with zero attached hydrogens (tertiary/aromatic N) is 4. The second-order valence-corrected chi connectivity index (χ2v) is 12.7. The minimum Gasteiger partial charge on any atom is -0.386 e. The standard InChI is InChI=1S/C14H15Cl2N3OS.C13H13Cl2N3O3/c15-11-4-2-1-3-10(11)7-14(20,13(16)5-6-13)8-19-12(21)17-9-18-19;1-7(2)16-12(20)17-6-11(19)18(13(17)21)10-4-8(14)3-9(15)5-10/h1-4,9,20H,5-8H2,(H,17,18,21);3-5,7H,6H2,1-2H3,(H,16,20). The molecule has 2 heterocycles. The number of aromatic amines is 1. The molecular weight excluding hydrogens is 646 g/mol. The highest BCUT2D eigenvalue weighted by molar-refractivity contribution is 7.71. The lowest BCUT2D eigenvalue weighted by Crippen LogP contribution is -2.47. The summed E-state index contributed by atoms with van der Waals surface area (Å²) in [5.41, 5.74) is -0.0217. The van der Waals surface area contributed by atoms with Crippen LogP contribution in [0.4, 0.5) is 15.3 Å². The van der Waals surface area contributed by atoms with E-state index in [4.69, 9.17) is 58.6 Å². The molecule has 1 aliphatic heterocycles. The number of halogens is 4. The van der Waals surface area contributed by atoms with Gasteiger partial charge < -0.3 is 10.4 Å². The van der Waals surface area contributed by atoms with E-state index >= 15 is 0 Å². The van der Waals surface area contributed by atoms with E-state index in [0.717, 1.165) is 28.2 Å². The summed E-state index contributed by atoms with van der Waals surface area (Å²) in [7, 11) is 0. The van der Waals surface area contributed by atoms with E-state index in [2.05, 4.69) is 15.4 Å². The summed E-state index contributed by atoms with van der Waals surface area (Å²) in [5.74, 6) is -0.516. The van der Waals surface area contributed by atoms with Crippen LogP contribution in [0.5, 0.6) is 0 Å². The molecule has 42 heavy (non-hydrogen) atoms. The molecule has 15 heteroatoms. The second kappa shape index (κ2) is 12.9. The maximum Gasteiger partial charge on any atom is 0.340 e. The Morgan fingerprint density at radius 2 is 1.81 bits per heavy atom. The van der Waals surface area contributed by atoms with Gasteiger partial charge in [-0.3, -0.25) is 14.6 Å². The van der Waals surface area contributed by atoms with Crippen LogP contribution >= 0.6 is 58.6 Å². The SMILES string of the molecule is CC(C)NC(=O)N1CC(=O)N(c2cc(Cl)cc(Cl)c2)C1=O.OC(Cc1ccccc1Cl)(Cn1[nH]cnc1=S)C1(Cl)CC1. The van der Waals surface area contributed by atoms with Crippen LogP contribution in [0.25, 0.3) is 0 Å². The maximum absolute atomic E-state index is 12.2. The van der Waals surface area contributed by atoms with Crippen molar-refractivity contribution in [3.05, 3.63) is 74.2 Å². The zero-order chi connectivity index (χ0) is 30.8. The van der Waals surface area contributed by atoms with Gasteiger partial charge in [-0.1, -0.05) is 53.0 Å². The van der Waals surface area contributed by atoms with Crippen molar-refractivity contribution >= 4 is 82.3 Å². The lowest BCUT2D eigenvalue weighted by Gasteiger charge is -2.33. The minimum absolute atomic E-state index is 0.143. The van der Waals surface area contributed by atoms with E-state index in [-0.39, 0.29) is 24.8 Å². The van der Waals surface area contributed by atoms with Crippen LogP contribution in [0.1, 0.15) is 32.3 Å². The van der Waals surface area contributed by atoms with E-state index in [1.165, 1.54) is 24.5 Å². The normalized spacial score (nSPS) is 17.1. The van der Waals surface area contributed by atoms with Gasteiger partial charge in [0.1, 0.15) is 18.5 Å². The fourth-order valence-electron chi connectivity index (χ4n) is 4.45. The van der Waals surface area contributed by atoms with Gasteiger partial charge in [-0.15, -0.1) is 11.6 Å². The number of urea groups is 2. The maximum atomic E-state index is 12.2. The smallest absolute Gasteiger partial charge is 0.340 e. The predicted molar refractivity (Wildman–Crippen MR) is 165 cm³/mol. The number of rotatable bonds is 7. The third kappa shape index (κ3) is 7.27. The van der Waals surface area contributed by atoms with Gasteiger partial charge in [0, 0.05) is 27.5 Å². The van der Waals surface area contributed by atoms with Crippen molar-refractivity contribution < 1.29 is 19.5 Å². The van der Waals surface area contributed by atoms with E-state index < -0.39 is 28.4 Å². The predicted octanol–water partition coefficient (Wildman–Crippen LogP) is 6.22. The molecule has 0 spiro atoms. The molecule has 0 bridgehead atoms. The Hall–Kier alpha value is -2.67. The van der Waals surface area contributed by atoms with E-state index in [1.54, 1.807) is 18.5 Å². The quantitative estimate of drug-likeness (QED) is 0.155. The van der Waals surface area contributed by atoms with Gasteiger partial charge in [-0.05, 0) is 68.7 Å². The van der Waals surface area contributed by atoms with Gasteiger partial charge in [0.05, 0.1) is 17.1 Å². The van der Waals surface area contributed by atoms with Crippen molar-refractivity contribution in [3.63, 3.8) is 0 Å². The second-order valence-electron chi connectivity index (χ2n) is 10.4. The summed E-state index contributed by atoms with van der Waals surface area (Å²) >= 11 is 29.6. The summed E-state index contributed by atoms with van der Waals surface area (Å²) in [6, 6.07) is 10.4. The number of aliphatic hydroxyl groups is 1. The number of H-pyrrole nitrogens is 1. The summed E-state index contributed by atoms with van der Waals surface area (Å²) in [6.45, 7) is 3.46. The Balaban J connectivity index is 0.000000193. The molecule has 2 aromatic carbocycles. The first-order chi connectivity index (χ1) is 19.7. The first-order valence-electron chi connectivity index (χ1n) is 12.9. The molecule has 5 amide bonds. The Kier molecular flexibility index (Phi) is 9.91.